The maximum Gasteiger partial charge on any atom is 0.266 e. The second kappa shape index (κ2) is 8.64. The van der Waals surface area contributed by atoms with Crippen molar-refractivity contribution in [2.45, 2.75) is 16.5 Å². The first-order chi connectivity index (χ1) is 15.6. The fourth-order valence-electron chi connectivity index (χ4n) is 3.84. The van der Waals surface area contributed by atoms with Crippen LogP contribution in [0, 0.1) is 0 Å². The Kier molecular flexibility index (Phi) is 5.55. The molecule has 1 fully saturated rings. The van der Waals surface area contributed by atoms with E-state index in [1.165, 1.54) is 11.8 Å². The number of furan rings is 1. The molecular weight excluding hydrogens is 426 g/mol. The minimum atomic E-state index is -3.85. The van der Waals surface area contributed by atoms with Gasteiger partial charge in [0.15, 0.2) is 5.76 Å². The average Bonchev–Trinajstić information content (AvgIpc) is 3.52. The van der Waals surface area contributed by atoms with E-state index in [4.69, 9.17) is 8.83 Å². The fourth-order valence-corrected chi connectivity index (χ4v) is 5.18. The molecule has 0 N–H and O–H groups in total. The number of aromatic nitrogens is 1. The number of oxazole rings is 1. The monoisotopic (exact) mass is 449 g/mol. The summed E-state index contributed by atoms with van der Waals surface area (Å²) in [6.07, 6.45) is 1.51. The minimum absolute atomic E-state index is 0.0772. The third-order valence-corrected chi connectivity index (χ3v) is 7.20. The molecule has 0 aliphatic carbocycles. The summed E-state index contributed by atoms with van der Waals surface area (Å²) in [5.74, 6) is 0.814. The minimum Gasteiger partial charge on any atom is -0.459 e. The van der Waals surface area contributed by atoms with Gasteiger partial charge in [-0.2, -0.15) is 4.98 Å². The zero-order chi connectivity index (χ0) is 22.0. The number of benzene rings is 2. The molecule has 164 valence electrons. The zero-order valence-electron chi connectivity index (χ0n) is 17.4. The van der Waals surface area contributed by atoms with Gasteiger partial charge in [-0.25, -0.2) is 8.42 Å². The quantitative estimate of drug-likeness (QED) is 0.439. The molecule has 0 saturated carbocycles. The summed E-state index contributed by atoms with van der Waals surface area (Å²) in [4.78, 5) is 8.85. The van der Waals surface area contributed by atoms with Gasteiger partial charge in [-0.3, -0.25) is 4.90 Å². The Hall–Kier alpha value is -3.36. The van der Waals surface area contributed by atoms with E-state index in [9.17, 15) is 8.42 Å². The van der Waals surface area contributed by atoms with Crippen molar-refractivity contribution in [3.63, 3.8) is 0 Å². The molecular formula is C24H23N3O4S. The summed E-state index contributed by atoms with van der Waals surface area (Å²) in [5, 5.41) is -0.0772. The van der Waals surface area contributed by atoms with Crippen molar-refractivity contribution in [3.05, 3.63) is 84.6 Å². The predicted molar refractivity (Wildman–Crippen MR) is 120 cm³/mol. The van der Waals surface area contributed by atoms with Gasteiger partial charge in [0.25, 0.3) is 5.89 Å². The van der Waals surface area contributed by atoms with Gasteiger partial charge in [-0.1, -0.05) is 48.5 Å². The number of rotatable bonds is 6. The van der Waals surface area contributed by atoms with Gasteiger partial charge in [0.2, 0.25) is 20.7 Å². The number of sulfone groups is 1. The first-order valence-corrected chi connectivity index (χ1v) is 12.0. The van der Waals surface area contributed by atoms with Gasteiger partial charge in [0.1, 0.15) is 0 Å². The summed E-state index contributed by atoms with van der Waals surface area (Å²) in [7, 11) is -3.85. The van der Waals surface area contributed by atoms with E-state index in [0.29, 0.717) is 18.8 Å². The highest BCUT2D eigenvalue weighted by Gasteiger charge is 2.33. The van der Waals surface area contributed by atoms with Crippen LogP contribution >= 0.6 is 0 Å². The maximum absolute atomic E-state index is 13.4. The Morgan fingerprint density at radius 3 is 2.19 bits per heavy atom. The molecule has 3 heterocycles. The first kappa shape index (κ1) is 20.5. The molecule has 32 heavy (non-hydrogen) atoms. The molecule has 5 rings (SSSR count). The maximum atomic E-state index is 13.4. The first-order valence-electron chi connectivity index (χ1n) is 10.5. The lowest BCUT2D eigenvalue weighted by atomic mass is 10.2. The summed E-state index contributed by atoms with van der Waals surface area (Å²) < 4.78 is 38.2. The van der Waals surface area contributed by atoms with Gasteiger partial charge in [-0.05, 0) is 29.8 Å². The van der Waals surface area contributed by atoms with Gasteiger partial charge >= 0.3 is 0 Å². The molecule has 2 aromatic heterocycles. The van der Waals surface area contributed by atoms with E-state index in [2.05, 4.69) is 22.0 Å². The van der Waals surface area contributed by atoms with Crippen LogP contribution in [-0.2, 0) is 16.4 Å². The van der Waals surface area contributed by atoms with Crippen LogP contribution in [0.1, 0.15) is 5.56 Å². The van der Waals surface area contributed by atoms with Crippen LogP contribution in [0.3, 0.4) is 0 Å². The fraction of sp³-hybridized carbons (Fsp3) is 0.208. The van der Waals surface area contributed by atoms with E-state index in [0.717, 1.165) is 19.6 Å². The second-order valence-electron chi connectivity index (χ2n) is 7.67. The highest BCUT2D eigenvalue weighted by molar-refractivity contribution is 7.91. The number of hydrogen-bond donors (Lipinski definition) is 0. The van der Waals surface area contributed by atoms with E-state index in [-0.39, 0.29) is 21.7 Å². The summed E-state index contributed by atoms with van der Waals surface area (Å²) in [6.45, 7) is 3.71. The van der Waals surface area contributed by atoms with Gasteiger partial charge in [-0.15, -0.1) is 0 Å². The van der Waals surface area contributed by atoms with Crippen molar-refractivity contribution >= 4 is 15.7 Å². The normalized spacial score (nSPS) is 15.2. The molecule has 1 saturated heterocycles. The van der Waals surface area contributed by atoms with Crippen molar-refractivity contribution in [1.82, 2.24) is 9.88 Å². The summed E-state index contributed by atoms with van der Waals surface area (Å²) >= 11 is 0. The summed E-state index contributed by atoms with van der Waals surface area (Å²) in [5.41, 5.74) is 1.26. The molecule has 1 aliphatic heterocycles. The molecule has 0 amide bonds. The number of hydrogen-bond acceptors (Lipinski definition) is 7. The Bertz CT molecular complexity index is 1260. The molecule has 8 heteroatoms. The molecule has 2 aromatic carbocycles. The van der Waals surface area contributed by atoms with E-state index in [1.54, 1.807) is 42.5 Å². The molecule has 1 aliphatic rings. The van der Waals surface area contributed by atoms with Crippen molar-refractivity contribution in [2.75, 3.05) is 31.1 Å². The Morgan fingerprint density at radius 1 is 0.844 bits per heavy atom. The van der Waals surface area contributed by atoms with Crippen molar-refractivity contribution in [1.29, 1.82) is 0 Å². The number of nitrogens with zero attached hydrogens (tertiary/aromatic N) is 3. The van der Waals surface area contributed by atoms with Crippen molar-refractivity contribution < 1.29 is 17.3 Å². The van der Waals surface area contributed by atoms with Crippen LogP contribution < -0.4 is 4.90 Å². The van der Waals surface area contributed by atoms with E-state index < -0.39 is 9.84 Å². The predicted octanol–water partition coefficient (Wildman–Crippen LogP) is 4.09. The standard InChI is InChI=1S/C24H23N3O4S/c28-32(29,20-10-5-2-6-11-20)23-24(31-22(25-23)21-12-7-17-30-21)27-15-13-26(14-16-27)18-19-8-3-1-4-9-19/h1-12,17H,13-16,18H2. The molecule has 0 radical (unpaired) electrons. The van der Waals surface area contributed by atoms with Crippen LogP contribution in [0.25, 0.3) is 11.7 Å². The Morgan fingerprint density at radius 2 is 1.53 bits per heavy atom. The van der Waals surface area contributed by atoms with Crippen molar-refractivity contribution in [3.8, 4) is 11.7 Å². The highest BCUT2D eigenvalue weighted by Crippen LogP contribution is 2.35. The number of piperazine rings is 1. The van der Waals surface area contributed by atoms with E-state index >= 15 is 0 Å². The lowest BCUT2D eigenvalue weighted by Crippen LogP contribution is -2.46. The molecule has 0 bridgehead atoms. The van der Waals surface area contributed by atoms with Gasteiger partial charge in [0, 0.05) is 32.7 Å². The summed E-state index contributed by atoms with van der Waals surface area (Å²) in [6, 6.07) is 22.0. The topological polar surface area (TPSA) is 79.8 Å². The van der Waals surface area contributed by atoms with Crippen LogP contribution in [0.4, 0.5) is 5.88 Å². The molecule has 4 aromatic rings. The third kappa shape index (κ3) is 4.06. The van der Waals surface area contributed by atoms with Gasteiger partial charge < -0.3 is 13.7 Å². The van der Waals surface area contributed by atoms with Crippen LogP contribution in [0.15, 0.2) is 97.8 Å². The lowest BCUT2D eigenvalue weighted by molar-refractivity contribution is 0.245. The van der Waals surface area contributed by atoms with Gasteiger partial charge in [0.05, 0.1) is 11.2 Å². The molecule has 0 atom stereocenters. The van der Waals surface area contributed by atoms with Crippen LogP contribution in [0.5, 0.6) is 0 Å². The average molecular weight is 450 g/mol. The third-order valence-electron chi connectivity index (χ3n) is 5.53. The smallest absolute Gasteiger partial charge is 0.266 e. The Labute approximate surface area is 186 Å². The number of anilines is 1. The molecule has 0 unspecified atom stereocenters. The highest BCUT2D eigenvalue weighted by atomic mass is 32.2. The zero-order valence-corrected chi connectivity index (χ0v) is 18.2. The molecule has 0 spiro atoms. The van der Waals surface area contributed by atoms with Crippen LogP contribution in [0.2, 0.25) is 0 Å². The van der Waals surface area contributed by atoms with E-state index in [1.807, 2.05) is 23.1 Å². The van der Waals surface area contributed by atoms with Crippen LogP contribution in [-0.4, -0.2) is 44.5 Å². The lowest BCUT2D eigenvalue weighted by Gasteiger charge is -2.34. The second-order valence-corrected chi connectivity index (χ2v) is 9.54. The Balaban J connectivity index is 1.43. The molecule has 7 nitrogen and oxygen atoms in total. The largest absolute Gasteiger partial charge is 0.459 e. The van der Waals surface area contributed by atoms with Crippen molar-refractivity contribution in [2.24, 2.45) is 0 Å². The SMILES string of the molecule is O=S(=O)(c1ccccc1)c1nc(-c2ccco2)oc1N1CCN(Cc2ccccc2)CC1.